The molecule has 6 nitrogen and oxygen atoms in total. The first kappa shape index (κ1) is 18.5. The van der Waals surface area contributed by atoms with Crippen molar-refractivity contribution in [3.63, 3.8) is 0 Å². The molecule has 1 aliphatic heterocycles. The summed E-state index contributed by atoms with van der Waals surface area (Å²) in [4.78, 5) is 23.4. The molecule has 0 bridgehead atoms. The molecule has 0 unspecified atom stereocenters. The lowest BCUT2D eigenvalue weighted by atomic mass is 10.1. The summed E-state index contributed by atoms with van der Waals surface area (Å²) in [7, 11) is 4.05. The molecule has 2 heterocycles. The molecule has 0 aliphatic carbocycles. The van der Waals surface area contributed by atoms with Crippen LogP contribution in [0.2, 0.25) is 0 Å². The first-order valence-electron chi connectivity index (χ1n) is 8.07. The molecule has 0 atom stereocenters. The van der Waals surface area contributed by atoms with Crippen LogP contribution in [0.15, 0.2) is 41.6 Å². The van der Waals surface area contributed by atoms with Gasteiger partial charge in [0.25, 0.3) is 5.91 Å². The van der Waals surface area contributed by atoms with Crippen LogP contribution in [0.5, 0.6) is 0 Å². The molecular formula is C18H19N5OS2. The number of anilines is 1. The van der Waals surface area contributed by atoms with Gasteiger partial charge in [-0.15, -0.1) is 0 Å². The zero-order valence-electron chi connectivity index (χ0n) is 14.5. The van der Waals surface area contributed by atoms with Gasteiger partial charge in [-0.3, -0.25) is 9.78 Å². The lowest BCUT2D eigenvalue weighted by Crippen LogP contribution is -2.21. The standard InChI is InChI=1S/C18H19N5OS2/c1-23(2)7-6-20-16-11-19-10-14(21-16)13-5-3-4-12(8-13)9-15-17(24)22-18(25)26-15/h3-5,8-11H,6-7H2,1-2H3,(H,20,21)(H,22,24,25)/b15-9-. The molecule has 0 radical (unpaired) electrons. The van der Waals surface area contributed by atoms with Crippen LogP contribution in [0, 0.1) is 0 Å². The van der Waals surface area contributed by atoms with Crippen molar-refractivity contribution in [3.8, 4) is 11.3 Å². The van der Waals surface area contributed by atoms with Gasteiger partial charge in [0, 0.05) is 18.7 Å². The van der Waals surface area contributed by atoms with E-state index in [1.165, 1.54) is 11.8 Å². The van der Waals surface area contributed by atoms with Crippen LogP contribution < -0.4 is 10.6 Å². The molecule has 134 valence electrons. The topological polar surface area (TPSA) is 70.2 Å². The second-order valence-electron chi connectivity index (χ2n) is 6.00. The van der Waals surface area contributed by atoms with Gasteiger partial charge in [-0.05, 0) is 31.8 Å². The second kappa shape index (κ2) is 8.39. The van der Waals surface area contributed by atoms with E-state index < -0.39 is 0 Å². The summed E-state index contributed by atoms with van der Waals surface area (Å²) in [6.45, 7) is 1.71. The minimum atomic E-state index is -0.155. The molecule has 1 aliphatic rings. The summed E-state index contributed by atoms with van der Waals surface area (Å²) in [5, 5.41) is 5.89. The molecule has 3 rings (SSSR count). The van der Waals surface area contributed by atoms with Crippen LogP contribution in [-0.2, 0) is 4.79 Å². The minimum absolute atomic E-state index is 0.155. The van der Waals surface area contributed by atoms with Crippen molar-refractivity contribution < 1.29 is 4.79 Å². The van der Waals surface area contributed by atoms with E-state index in [0.29, 0.717) is 9.23 Å². The zero-order valence-corrected chi connectivity index (χ0v) is 16.2. The average molecular weight is 386 g/mol. The maximum atomic E-state index is 11.8. The van der Waals surface area contributed by atoms with E-state index in [0.717, 1.165) is 35.7 Å². The fourth-order valence-electron chi connectivity index (χ4n) is 2.36. The third-order valence-electron chi connectivity index (χ3n) is 3.62. The van der Waals surface area contributed by atoms with Crippen LogP contribution >= 0.6 is 24.0 Å². The van der Waals surface area contributed by atoms with Gasteiger partial charge in [-0.1, -0.05) is 42.2 Å². The summed E-state index contributed by atoms with van der Waals surface area (Å²) < 4.78 is 0.486. The Morgan fingerprint density at radius 3 is 2.92 bits per heavy atom. The van der Waals surface area contributed by atoms with Gasteiger partial charge in [0.15, 0.2) is 0 Å². The number of likely N-dealkylation sites (N-methyl/N-ethyl adjacent to an activating group) is 1. The number of nitrogens with zero attached hydrogens (tertiary/aromatic N) is 3. The number of rotatable bonds is 6. The Hall–Kier alpha value is -2.29. The van der Waals surface area contributed by atoms with E-state index in [9.17, 15) is 4.79 Å². The minimum Gasteiger partial charge on any atom is -0.367 e. The Morgan fingerprint density at radius 1 is 1.35 bits per heavy atom. The first-order chi connectivity index (χ1) is 12.5. The van der Waals surface area contributed by atoms with Gasteiger partial charge < -0.3 is 15.5 Å². The van der Waals surface area contributed by atoms with Crippen LogP contribution in [0.3, 0.4) is 0 Å². The Bertz CT molecular complexity index is 866. The average Bonchev–Trinajstić information content (AvgIpc) is 2.92. The van der Waals surface area contributed by atoms with Crippen molar-refractivity contribution in [2.75, 3.05) is 32.5 Å². The molecule has 8 heteroatoms. The highest BCUT2D eigenvalue weighted by molar-refractivity contribution is 8.26. The third-order valence-corrected chi connectivity index (χ3v) is 4.78. The Morgan fingerprint density at radius 2 is 2.19 bits per heavy atom. The lowest BCUT2D eigenvalue weighted by Gasteiger charge is -2.11. The molecule has 1 aromatic heterocycles. The number of benzene rings is 1. The van der Waals surface area contributed by atoms with E-state index in [2.05, 4.69) is 25.5 Å². The van der Waals surface area contributed by atoms with E-state index in [1.54, 1.807) is 12.4 Å². The predicted octanol–water partition coefficient (Wildman–Crippen LogP) is 2.61. The number of carbonyl (C=O) groups excluding carboxylic acids is 1. The van der Waals surface area contributed by atoms with Gasteiger partial charge in [0.2, 0.25) is 0 Å². The van der Waals surface area contributed by atoms with Crippen molar-refractivity contribution in [2.24, 2.45) is 0 Å². The molecule has 26 heavy (non-hydrogen) atoms. The number of amides is 1. The molecule has 2 N–H and O–H groups in total. The maximum Gasteiger partial charge on any atom is 0.263 e. The Kier molecular flexibility index (Phi) is 5.97. The van der Waals surface area contributed by atoms with Gasteiger partial charge >= 0.3 is 0 Å². The number of nitrogens with one attached hydrogen (secondary N) is 2. The van der Waals surface area contributed by atoms with Gasteiger partial charge in [0.05, 0.1) is 23.0 Å². The summed E-state index contributed by atoms with van der Waals surface area (Å²) in [6, 6.07) is 7.83. The van der Waals surface area contributed by atoms with Crippen LogP contribution in [0.25, 0.3) is 17.3 Å². The fraction of sp³-hybridized carbons (Fsp3) is 0.222. The van der Waals surface area contributed by atoms with E-state index in [-0.39, 0.29) is 5.91 Å². The third kappa shape index (κ3) is 4.87. The monoisotopic (exact) mass is 385 g/mol. The molecule has 1 amide bonds. The molecule has 1 fully saturated rings. The largest absolute Gasteiger partial charge is 0.367 e. The van der Waals surface area contributed by atoms with Crippen molar-refractivity contribution in [2.45, 2.75) is 0 Å². The van der Waals surface area contributed by atoms with E-state index in [1.807, 2.05) is 44.4 Å². The van der Waals surface area contributed by atoms with E-state index >= 15 is 0 Å². The SMILES string of the molecule is CN(C)CCNc1cncc(-c2cccc(/C=C3\SC(=S)NC3=O)c2)n1. The number of hydrogen-bond acceptors (Lipinski definition) is 7. The van der Waals surface area contributed by atoms with Crippen molar-refractivity contribution in [3.05, 3.63) is 47.1 Å². The molecule has 0 saturated carbocycles. The number of aromatic nitrogens is 2. The molecule has 1 aromatic carbocycles. The molecule has 1 saturated heterocycles. The number of hydrogen-bond donors (Lipinski definition) is 2. The van der Waals surface area contributed by atoms with Crippen LogP contribution in [0.4, 0.5) is 5.82 Å². The summed E-state index contributed by atoms with van der Waals surface area (Å²) in [5.41, 5.74) is 2.63. The second-order valence-corrected chi connectivity index (χ2v) is 7.72. The fourth-order valence-corrected chi connectivity index (χ4v) is 3.40. The maximum absolute atomic E-state index is 11.8. The van der Waals surface area contributed by atoms with Gasteiger partial charge in [0.1, 0.15) is 10.1 Å². The smallest absolute Gasteiger partial charge is 0.263 e. The highest BCUT2D eigenvalue weighted by Gasteiger charge is 2.21. The highest BCUT2D eigenvalue weighted by atomic mass is 32.2. The van der Waals surface area contributed by atoms with Gasteiger partial charge in [-0.2, -0.15) is 0 Å². The predicted molar refractivity (Wildman–Crippen MR) is 111 cm³/mol. The van der Waals surface area contributed by atoms with E-state index in [4.69, 9.17) is 12.2 Å². The van der Waals surface area contributed by atoms with Gasteiger partial charge in [-0.25, -0.2) is 4.98 Å². The normalized spacial score (nSPS) is 15.6. The first-order valence-corrected chi connectivity index (χ1v) is 9.30. The number of carbonyl (C=O) groups is 1. The van der Waals surface area contributed by atoms with Crippen LogP contribution in [-0.4, -0.2) is 52.3 Å². The highest BCUT2D eigenvalue weighted by Crippen LogP contribution is 2.27. The Balaban J connectivity index is 1.79. The summed E-state index contributed by atoms with van der Waals surface area (Å²) >= 11 is 6.29. The summed E-state index contributed by atoms with van der Waals surface area (Å²) in [6.07, 6.45) is 5.27. The lowest BCUT2D eigenvalue weighted by molar-refractivity contribution is -0.115. The van der Waals surface area contributed by atoms with Crippen molar-refractivity contribution in [1.29, 1.82) is 0 Å². The molecular weight excluding hydrogens is 366 g/mol. The number of thiocarbonyl (C=S) groups is 1. The molecule has 2 aromatic rings. The quantitative estimate of drug-likeness (QED) is 0.585. The number of thioether (sulfide) groups is 1. The van der Waals surface area contributed by atoms with Crippen LogP contribution in [0.1, 0.15) is 5.56 Å². The molecule has 0 spiro atoms. The van der Waals surface area contributed by atoms with Crippen molar-refractivity contribution >= 4 is 46.1 Å². The summed E-state index contributed by atoms with van der Waals surface area (Å²) in [5.74, 6) is 0.585. The zero-order chi connectivity index (χ0) is 18.5. The van der Waals surface area contributed by atoms with Crippen molar-refractivity contribution in [1.82, 2.24) is 20.2 Å². The Labute approximate surface area is 162 Å².